The summed E-state index contributed by atoms with van der Waals surface area (Å²) in [5.41, 5.74) is 7.62. The third-order valence-corrected chi connectivity index (χ3v) is 3.46. The molecular weight excluding hydrogens is 200 g/mol. The second kappa shape index (κ2) is 3.86. The third kappa shape index (κ3) is 1.87. The van der Waals surface area contributed by atoms with Gasteiger partial charge in [-0.05, 0) is 27.2 Å². The molecule has 0 bridgehead atoms. The summed E-state index contributed by atoms with van der Waals surface area (Å²) in [5, 5.41) is 0. The van der Waals surface area contributed by atoms with Gasteiger partial charge in [0, 0.05) is 31.4 Å². The van der Waals surface area contributed by atoms with Crippen molar-refractivity contribution in [3.05, 3.63) is 18.2 Å². The Kier molecular flexibility index (Phi) is 2.80. The average molecular weight is 222 g/mol. The first-order valence-corrected chi connectivity index (χ1v) is 5.90. The molecule has 0 radical (unpaired) electrons. The zero-order valence-electron chi connectivity index (χ0n) is 10.6. The number of nitrogens with two attached hydrogens (primary N) is 1. The van der Waals surface area contributed by atoms with E-state index in [1.807, 2.05) is 19.6 Å². The molecule has 1 fully saturated rings. The molecule has 2 unspecified atom stereocenters. The first-order chi connectivity index (χ1) is 7.41. The quantitative estimate of drug-likeness (QED) is 0.779. The van der Waals surface area contributed by atoms with Crippen LogP contribution < -0.4 is 5.73 Å². The first kappa shape index (κ1) is 11.6. The van der Waals surface area contributed by atoms with E-state index < -0.39 is 0 Å². The summed E-state index contributed by atoms with van der Waals surface area (Å²) in [6.45, 7) is 7.80. The van der Waals surface area contributed by atoms with Crippen molar-refractivity contribution in [2.24, 2.45) is 12.8 Å². The molecule has 4 nitrogen and oxygen atoms in total. The van der Waals surface area contributed by atoms with Gasteiger partial charge < -0.3 is 10.3 Å². The lowest BCUT2D eigenvalue weighted by Gasteiger charge is -2.37. The van der Waals surface area contributed by atoms with E-state index in [4.69, 9.17) is 5.73 Å². The van der Waals surface area contributed by atoms with Gasteiger partial charge in [-0.25, -0.2) is 4.98 Å². The van der Waals surface area contributed by atoms with E-state index in [0.29, 0.717) is 6.04 Å². The van der Waals surface area contributed by atoms with Crippen LogP contribution in [0.2, 0.25) is 0 Å². The van der Waals surface area contributed by atoms with Crippen molar-refractivity contribution in [3.63, 3.8) is 0 Å². The SMILES string of the molecule is Cn1cncc1C1C(N)CCN1C(C)(C)C. The van der Waals surface area contributed by atoms with Gasteiger partial charge in [-0.2, -0.15) is 0 Å². The van der Waals surface area contributed by atoms with Gasteiger partial charge in [0.05, 0.1) is 18.1 Å². The second-order valence-corrected chi connectivity index (χ2v) is 5.69. The zero-order valence-corrected chi connectivity index (χ0v) is 10.6. The van der Waals surface area contributed by atoms with Crippen LogP contribution in [-0.4, -0.2) is 32.6 Å². The topological polar surface area (TPSA) is 47.1 Å². The molecule has 0 aromatic carbocycles. The van der Waals surface area contributed by atoms with Crippen molar-refractivity contribution < 1.29 is 0 Å². The summed E-state index contributed by atoms with van der Waals surface area (Å²) in [6, 6.07) is 0.516. The Bertz CT molecular complexity index is 363. The molecule has 90 valence electrons. The highest BCUT2D eigenvalue weighted by molar-refractivity contribution is 5.13. The Morgan fingerprint density at radius 2 is 2.12 bits per heavy atom. The van der Waals surface area contributed by atoms with E-state index in [9.17, 15) is 0 Å². The minimum Gasteiger partial charge on any atom is -0.336 e. The number of aromatic nitrogens is 2. The summed E-state index contributed by atoms with van der Waals surface area (Å²) in [5.74, 6) is 0. The molecular formula is C12H22N4. The third-order valence-electron chi connectivity index (χ3n) is 3.46. The Labute approximate surface area is 97.4 Å². The summed E-state index contributed by atoms with van der Waals surface area (Å²) in [7, 11) is 2.04. The van der Waals surface area contributed by atoms with Gasteiger partial charge in [0.2, 0.25) is 0 Å². The van der Waals surface area contributed by atoms with E-state index in [1.165, 1.54) is 5.69 Å². The highest BCUT2D eigenvalue weighted by atomic mass is 15.3. The molecule has 2 heterocycles. The van der Waals surface area contributed by atoms with Crippen LogP contribution >= 0.6 is 0 Å². The molecule has 2 N–H and O–H groups in total. The molecule has 16 heavy (non-hydrogen) atoms. The maximum atomic E-state index is 6.24. The molecule has 4 heteroatoms. The van der Waals surface area contributed by atoms with Crippen molar-refractivity contribution in [2.45, 2.75) is 44.8 Å². The number of likely N-dealkylation sites (tertiary alicyclic amines) is 1. The predicted octanol–water partition coefficient (Wildman–Crippen LogP) is 1.29. The second-order valence-electron chi connectivity index (χ2n) is 5.69. The lowest BCUT2D eigenvalue weighted by Crippen LogP contribution is -2.44. The van der Waals surface area contributed by atoms with E-state index in [-0.39, 0.29) is 11.6 Å². The maximum Gasteiger partial charge on any atom is 0.0946 e. The molecule has 1 saturated heterocycles. The predicted molar refractivity (Wildman–Crippen MR) is 65.0 cm³/mol. The van der Waals surface area contributed by atoms with Gasteiger partial charge in [0.1, 0.15) is 0 Å². The molecule has 0 spiro atoms. The van der Waals surface area contributed by atoms with Crippen LogP contribution in [0.4, 0.5) is 0 Å². The number of rotatable bonds is 1. The van der Waals surface area contributed by atoms with Crippen LogP contribution in [0.15, 0.2) is 12.5 Å². The molecule has 1 aromatic rings. The van der Waals surface area contributed by atoms with E-state index in [0.717, 1.165) is 13.0 Å². The molecule has 2 atom stereocenters. The van der Waals surface area contributed by atoms with Crippen LogP contribution in [0.1, 0.15) is 38.9 Å². The Balaban J connectivity index is 2.34. The molecule has 0 saturated carbocycles. The van der Waals surface area contributed by atoms with Gasteiger partial charge in [0.15, 0.2) is 0 Å². The number of hydrogen-bond acceptors (Lipinski definition) is 3. The summed E-state index contributed by atoms with van der Waals surface area (Å²) in [6.07, 6.45) is 4.85. The molecule has 1 aliphatic rings. The first-order valence-electron chi connectivity index (χ1n) is 5.90. The normalized spacial score (nSPS) is 27.6. The Hall–Kier alpha value is -0.870. The highest BCUT2D eigenvalue weighted by Crippen LogP contribution is 2.36. The van der Waals surface area contributed by atoms with Crippen LogP contribution in [0.5, 0.6) is 0 Å². The van der Waals surface area contributed by atoms with Crippen LogP contribution in [-0.2, 0) is 7.05 Å². The number of nitrogens with zero attached hydrogens (tertiary/aromatic N) is 3. The smallest absolute Gasteiger partial charge is 0.0946 e. The number of hydrogen-bond donors (Lipinski definition) is 1. The molecule has 2 rings (SSSR count). The van der Waals surface area contributed by atoms with Crippen molar-refractivity contribution in [1.29, 1.82) is 0 Å². The van der Waals surface area contributed by atoms with Gasteiger partial charge in [0.25, 0.3) is 0 Å². The zero-order chi connectivity index (χ0) is 11.9. The van der Waals surface area contributed by atoms with Crippen LogP contribution in [0, 0.1) is 0 Å². The van der Waals surface area contributed by atoms with Gasteiger partial charge in [-0.1, -0.05) is 0 Å². The fraction of sp³-hybridized carbons (Fsp3) is 0.750. The van der Waals surface area contributed by atoms with Gasteiger partial charge in [-0.3, -0.25) is 4.90 Å². The Morgan fingerprint density at radius 1 is 1.44 bits per heavy atom. The number of aryl methyl sites for hydroxylation is 1. The number of imidazole rings is 1. The van der Waals surface area contributed by atoms with Crippen LogP contribution in [0.25, 0.3) is 0 Å². The van der Waals surface area contributed by atoms with Crippen molar-refractivity contribution in [3.8, 4) is 0 Å². The largest absolute Gasteiger partial charge is 0.336 e. The summed E-state index contributed by atoms with van der Waals surface area (Å²) >= 11 is 0. The molecule has 1 aliphatic heterocycles. The fourth-order valence-corrected chi connectivity index (χ4v) is 2.60. The van der Waals surface area contributed by atoms with E-state index in [1.54, 1.807) is 0 Å². The van der Waals surface area contributed by atoms with E-state index >= 15 is 0 Å². The highest BCUT2D eigenvalue weighted by Gasteiger charge is 2.39. The summed E-state index contributed by atoms with van der Waals surface area (Å²) in [4.78, 5) is 6.68. The van der Waals surface area contributed by atoms with Gasteiger partial charge in [-0.15, -0.1) is 0 Å². The van der Waals surface area contributed by atoms with Crippen molar-refractivity contribution in [1.82, 2.24) is 14.5 Å². The monoisotopic (exact) mass is 222 g/mol. The van der Waals surface area contributed by atoms with Crippen LogP contribution in [0.3, 0.4) is 0 Å². The lowest BCUT2D eigenvalue weighted by molar-refractivity contribution is 0.113. The molecule has 0 amide bonds. The van der Waals surface area contributed by atoms with Gasteiger partial charge >= 0.3 is 0 Å². The minimum absolute atomic E-state index is 0.156. The maximum absolute atomic E-state index is 6.24. The Morgan fingerprint density at radius 3 is 2.62 bits per heavy atom. The van der Waals surface area contributed by atoms with Crippen molar-refractivity contribution in [2.75, 3.05) is 6.54 Å². The lowest BCUT2D eigenvalue weighted by atomic mass is 10.0. The molecule has 1 aromatic heterocycles. The standard InChI is InChI=1S/C12H22N4/c1-12(2,3)16-6-5-9(13)11(16)10-7-14-8-15(10)4/h7-9,11H,5-6,13H2,1-4H3. The minimum atomic E-state index is 0.156. The van der Waals surface area contributed by atoms with Crippen molar-refractivity contribution >= 4 is 0 Å². The molecule has 0 aliphatic carbocycles. The summed E-state index contributed by atoms with van der Waals surface area (Å²) < 4.78 is 2.08. The van der Waals surface area contributed by atoms with E-state index in [2.05, 4.69) is 35.2 Å². The average Bonchev–Trinajstić information content (AvgIpc) is 2.70. The fourth-order valence-electron chi connectivity index (χ4n) is 2.60.